The highest BCUT2D eigenvalue weighted by molar-refractivity contribution is 7.84. The molecule has 6 rings (SSSR count). The van der Waals surface area contributed by atoms with Crippen LogP contribution in [-0.4, -0.2) is 28.8 Å². The Morgan fingerprint density at radius 2 is 0.708 bits per heavy atom. The average molecular weight is 653 g/mol. The molecule has 0 aliphatic heterocycles. The molecule has 0 spiro atoms. The first-order valence-electron chi connectivity index (χ1n) is 16.2. The number of hydrogen-bond acceptors (Lipinski definition) is 4. The van der Waals surface area contributed by atoms with E-state index in [0.29, 0.717) is 0 Å². The molecule has 0 bridgehead atoms. The van der Waals surface area contributed by atoms with E-state index in [0.717, 1.165) is 33.4 Å². The number of hydrogen-bond donors (Lipinski definition) is 0. The van der Waals surface area contributed by atoms with E-state index in [9.17, 15) is 4.21 Å². The van der Waals surface area contributed by atoms with E-state index in [2.05, 4.69) is 72.8 Å². The fraction of sp³-hybridized carbons (Fsp3) is 0.163. The Balaban J connectivity index is 1.20. The van der Waals surface area contributed by atoms with Crippen molar-refractivity contribution in [2.45, 2.75) is 24.2 Å². The normalized spacial score (nSPS) is 13.1. The third-order valence-corrected chi connectivity index (χ3v) is 9.29. The Hall–Kier alpha value is -4.65. The zero-order valence-electron chi connectivity index (χ0n) is 27.1. The van der Waals surface area contributed by atoms with Gasteiger partial charge in [0.2, 0.25) is 0 Å². The van der Waals surface area contributed by atoms with Crippen LogP contribution in [0.25, 0.3) is 0 Å². The summed E-state index contributed by atoms with van der Waals surface area (Å²) in [6, 6.07) is 61.1. The number of benzene rings is 6. The molecule has 2 atom stereocenters. The Morgan fingerprint density at radius 3 is 1.00 bits per heavy atom. The van der Waals surface area contributed by atoms with Crippen molar-refractivity contribution in [2.75, 3.05) is 18.5 Å². The van der Waals surface area contributed by atoms with E-state index < -0.39 is 22.0 Å². The second-order valence-corrected chi connectivity index (χ2v) is 13.0. The van der Waals surface area contributed by atoms with Gasteiger partial charge in [-0.05, 0) is 40.3 Å². The Labute approximate surface area is 286 Å². The second-order valence-electron chi connectivity index (χ2n) is 11.7. The van der Waals surface area contributed by atoms with Crippen LogP contribution in [0.4, 0.5) is 0 Å². The van der Waals surface area contributed by atoms with Gasteiger partial charge in [0.05, 0.1) is 23.5 Å². The van der Waals surface area contributed by atoms with Crippen LogP contribution in [0.3, 0.4) is 0 Å². The van der Waals surface area contributed by atoms with Crippen LogP contribution >= 0.6 is 0 Å². The lowest BCUT2D eigenvalue weighted by molar-refractivity contribution is -0.0492. The third-order valence-electron chi connectivity index (χ3n) is 8.51. The largest absolute Gasteiger partial charge is 0.363 e. The van der Waals surface area contributed by atoms with Crippen LogP contribution in [0, 0.1) is 0 Å². The van der Waals surface area contributed by atoms with E-state index >= 15 is 0 Å². The van der Waals surface area contributed by atoms with Gasteiger partial charge in [0, 0.05) is 0 Å². The lowest BCUT2D eigenvalue weighted by Crippen LogP contribution is -2.36. The van der Waals surface area contributed by atoms with Crippen LogP contribution in [0.15, 0.2) is 182 Å². The van der Waals surface area contributed by atoms with Crippen LogP contribution in [0.5, 0.6) is 0 Å². The lowest BCUT2D eigenvalue weighted by atomic mass is 9.80. The monoisotopic (exact) mass is 652 g/mol. The zero-order chi connectivity index (χ0) is 33.1. The molecule has 4 nitrogen and oxygen atoms in total. The van der Waals surface area contributed by atoms with E-state index in [1.807, 2.05) is 116 Å². The molecule has 0 aliphatic carbocycles. The van der Waals surface area contributed by atoms with E-state index in [1.54, 1.807) is 0 Å². The summed E-state index contributed by atoms with van der Waals surface area (Å²) in [5.74, 6) is -0.0117. The van der Waals surface area contributed by atoms with Crippen molar-refractivity contribution in [3.63, 3.8) is 0 Å². The van der Waals surface area contributed by atoms with Gasteiger partial charge in [-0.3, -0.25) is 4.21 Å². The zero-order valence-corrected chi connectivity index (χ0v) is 27.9. The van der Waals surface area contributed by atoms with Gasteiger partial charge in [-0.1, -0.05) is 182 Å². The molecule has 5 heteroatoms. The fourth-order valence-electron chi connectivity index (χ4n) is 6.21. The molecule has 0 aromatic heterocycles. The van der Waals surface area contributed by atoms with E-state index in [1.165, 1.54) is 0 Å². The van der Waals surface area contributed by atoms with Crippen molar-refractivity contribution in [1.29, 1.82) is 0 Å². The molecule has 0 saturated carbocycles. The molecule has 0 aliphatic rings. The van der Waals surface area contributed by atoms with Gasteiger partial charge < -0.3 is 14.2 Å². The van der Waals surface area contributed by atoms with Gasteiger partial charge in [0.25, 0.3) is 0 Å². The van der Waals surface area contributed by atoms with Crippen molar-refractivity contribution in [3.05, 3.63) is 215 Å². The van der Waals surface area contributed by atoms with Gasteiger partial charge in [0.1, 0.15) is 23.1 Å². The molecule has 2 unspecified atom stereocenters. The maximum Gasteiger partial charge on any atom is 0.144 e. The molecule has 6 aromatic carbocycles. The minimum atomic E-state index is -1.44. The summed E-state index contributed by atoms with van der Waals surface area (Å²) >= 11 is 0. The fourth-order valence-corrected chi connectivity index (χ4v) is 6.97. The van der Waals surface area contributed by atoms with Gasteiger partial charge in [-0.15, -0.1) is 0 Å². The van der Waals surface area contributed by atoms with Gasteiger partial charge in [0.15, 0.2) is 0 Å². The first-order valence-corrected chi connectivity index (χ1v) is 17.7. The van der Waals surface area contributed by atoms with E-state index in [4.69, 9.17) is 14.2 Å². The summed E-state index contributed by atoms with van der Waals surface area (Å²) < 4.78 is 33.4. The molecular formula is C43H40O4S. The summed E-state index contributed by atoms with van der Waals surface area (Å²) in [5.41, 5.74) is 4.13. The molecule has 0 heterocycles. The van der Waals surface area contributed by atoms with Gasteiger partial charge in [-0.25, -0.2) is 0 Å². The Bertz CT molecular complexity index is 1640. The number of rotatable bonds is 15. The highest BCUT2D eigenvalue weighted by Gasteiger charge is 2.39. The van der Waals surface area contributed by atoms with Crippen molar-refractivity contribution in [2.24, 2.45) is 0 Å². The second kappa shape index (κ2) is 16.0. The van der Waals surface area contributed by atoms with Crippen LogP contribution in [-0.2, 0) is 36.2 Å². The minimum Gasteiger partial charge on any atom is -0.363 e. The first kappa shape index (κ1) is 33.3. The topological polar surface area (TPSA) is 44.8 Å². The summed E-state index contributed by atoms with van der Waals surface area (Å²) in [7, 11) is -1.44. The van der Waals surface area contributed by atoms with Crippen LogP contribution in [0.1, 0.15) is 40.3 Å². The quantitative estimate of drug-likeness (QED) is 0.104. The predicted molar refractivity (Wildman–Crippen MR) is 194 cm³/mol. The average Bonchev–Trinajstić information content (AvgIpc) is 3.17. The van der Waals surface area contributed by atoms with Crippen molar-refractivity contribution < 1.29 is 18.4 Å². The SMILES string of the molecule is CC(COC(c1ccccc1)(c1ccccc1)c1ccccc1)OCS(=O)COC(c1ccccc1)(c1ccccc1)c1ccccc1. The summed E-state index contributed by atoms with van der Waals surface area (Å²) in [4.78, 5) is 0. The molecule has 6 aromatic rings. The maximum atomic E-state index is 13.6. The Kier molecular flexibility index (Phi) is 11.1. The predicted octanol–water partition coefficient (Wildman–Crippen LogP) is 9.07. The summed E-state index contributed by atoms with van der Waals surface area (Å²) in [6.45, 7) is 2.23. The minimum absolute atomic E-state index is 0.00792. The molecule has 0 radical (unpaired) electrons. The summed E-state index contributed by atoms with van der Waals surface area (Å²) in [5, 5.41) is 0. The van der Waals surface area contributed by atoms with E-state index in [-0.39, 0.29) is 24.6 Å². The highest BCUT2D eigenvalue weighted by Crippen LogP contribution is 2.42. The molecule has 0 fully saturated rings. The van der Waals surface area contributed by atoms with Crippen molar-refractivity contribution >= 4 is 10.8 Å². The van der Waals surface area contributed by atoms with Crippen LogP contribution < -0.4 is 0 Å². The molecule has 48 heavy (non-hydrogen) atoms. The molecular weight excluding hydrogens is 613 g/mol. The maximum absolute atomic E-state index is 13.6. The van der Waals surface area contributed by atoms with Crippen molar-refractivity contribution in [1.82, 2.24) is 0 Å². The molecule has 0 N–H and O–H groups in total. The van der Waals surface area contributed by atoms with Crippen molar-refractivity contribution in [3.8, 4) is 0 Å². The Morgan fingerprint density at radius 1 is 0.438 bits per heavy atom. The first-order chi connectivity index (χ1) is 23.6. The number of ether oxygens (including phenoxy) is 3. The smallest absolute Gasteiger partial charge is 0.144 e. The van der Waals surface area contributed by atoms with Gasteiger partial charge in [-0.2, -0.15) is 0 Å². The standard InChI is InChI=1S/C43H40O4S/c1-35(32-46-42(36-20-8-2-9-21-36,37-22-10-3-11-23-37)38-24-12-4-13-25-38)45-33-48(44)34-47-43(39-26-14-5-15-27-39,40-28-16-6-17-29-40)41-30-18-7-19-31-41/h2-31,35H,32-34H2,1H3. The highest BCUT2D eigenvalue weighted by atomic mass is 32.2. The molecule has 242 valence electrons. The molecule has 0 amide bonds. The third kappa shape index (κ3) is 7.25. The lowest BCUT2D eigenvalue weighted by Gasteiger charge is -2.37. The summed E-state index contributed by atoms with van der Waals surface area (Å²) in [6.07, 6.45) is -0.341. The van der Waals surface area contributed by atoms with Gasteiger partial charge >= 0.3 is 0 Å². The van der Waals surface area contributed by atoms with Crippen LogP contribution in [0.2, 0.25) is 0 Å². The molecule has 0 saturated heterocycles.